The number of benzene rings is 1. The van der Waals surface area contributed by atoms with Gasteiger partial charge in [-0.15, -0.1) is 0 Å². The van der Waals surface area contributed by atoms with Gasteiger partial charge in [-0.05, 0) is 43.4 Å². The van der Waals surface area contributed by atoms with Crippen LogP contribution in [0.5, 0.6) is 0 Å². The maximum atomic E-state index is 12.5. The SMILES string of the molecule is O=C(N[C@H]1CCO[C@@]2(CCSC2)C1)NC1(c2ccccc2)CC1. The molecule has 1 aliphatic carbocycles. The number of thioether (sulfide) groups is 1. The lowest BCUT2D eigenvalue weighted by Crippen LogP contribution is -2.52. The number of ether oxygens (including phenoxy) is 1. The van der Waals surface area contributed by atoms with E-state index in [1.165, 1.54) is 11.3 Å². The highest BCUT2D eigenvalue weighted by Gasteiger charge is 2.46. The number of nitrogens with one attached hydrogen (secondary N) is 2. The smallest absolute Gasteiger partial charge is 0.315 e. The standard InChI is InChI=1S/C18H24N2O2S/c21-16(20-18(7-8-18)14-4-2-1-3-5-14)19-15-6-10-22-17(12-15)9-11-23-13-17/h1-5,15H,6-13H2,(H2,19,20,21)/t15-,17-/m0/s1. The predicted molar refractivity (Wildman–Crippen MR) is 92.7 cm³/mol. The van der Waals surface area contributed by atoms with Crippen LogP contribution in [0.4, 0.5) is 4.79 Å². The number of carbonyl (C=O) groups is 1. The van der Waals surface area contributed by atoms with Crippen molar-refractivity contribution in [1.29, 1.82) is 0 Å². The summed E-state index contributed by atoms with van der Waals surface area (Å²) < 4.78 is 6.03. The van der Waals surface area contributed by atoms with Gasteiger partial charge in [-0.3, -0.25) is 0 Å². The molecule has 2 N–H and O–H groups in total. The van der Waals surface area contributed by atoms with E-state index in [4.69, 9.17) is 4.74 Å². The zero-order chi connectivity index (χ0) is 15.8. The van der Waals surface area contributed by atoms with E-state index in [-0.39, 0.29) is 23.2 Å². The van der Waals surface area contributed by atoms with Gasteiger partial charge < -0.3 is 15.4 Å². The van der Waals surface area contributed by atoms with Crippen molar-refractivity contribution in [1.82, 2.24) is 10.6 Å². The van der Waals surface area contributed by atoms with E-state index in [2.05, 4.69) is 22.8 Å². The minimum Gasteiger partial charge on any atom is -0.374 e. The van der Waals surface area contributed by atoms with Gasteiger partial charge in [0, 0.05) is 18.4 Å². The molecule has 2 heterocycles. The average Bonchev–Trinajstić information content (AvgIpc) is 3.21. The van der Waals surface area contributed by atoms with E-state index in [1.54, 1.807) is 0 Å². The Morgan fingerprint density at radius 3 is 2.74 bits per heavy atom. The van der Waals surface area contributed by atoms with E-state index < -0.39 is 0 Å². The molecule has 4 nitrogen and oxygen atoms in total. The number of urea groups is 1. The summed E-state index contributed by atoms with van der Waals surface area (Å²) in [4.78, 5) is 12.5. The highest BCUT2D eigenvalue weighted by atomic mass is 32.2. The van der Waals surface area contributed by atoms with Gasteiger partial charge in [0.25, 0.3) is 0 Å². The maximum absolute atomic E-state index is 12.5. The van der Waals surface area contributed by atoms with Crippen LogP contribution in [0.15, 0.2) is 30.3 Å². The number of carbonyl (C=O) groups excluding carboxylic acids is 1. The molecule has 23 heavy (non-hydrogen) atoms. The highest BCUT2D eigenvalue weighted by molar-refractivity contribution is 7.99. The Morgan fingerprint density at radius 1 is 1.22 bits per heavy atom. The molecule has 3 fully saturated rings. The molecule has 0 aromatic heterocycles. The van der Waals surface area contributed by atoms with E-state index in [1.807, 2.05) is 30.0 Å². The Balaban J connectivity index is 1.35. The molecular formula is C18H24N2O2S. The Bertz CT molecular complexity index is 568. The van der Waals surface area contributed by atoms with Gasteiger partial charge in [0.05, 0.1) is 11.1 Å². The third-order valence-electron chi connectivity index (χ3n) is 5.32. The summed E-state index contributed by atoms with van der Waals surface area (Å²) in [5, 5.41) is 6.41. The number of rotatable bonds is 3. The molecule has 1 saturated carbocycles. The molecular weight excluding hydrogens is 308 g/mol. The van der Waals surface area contributed by atoms with Crippen LogP contribution in [-0.4, -0.2) is 35.8 Å². The largest absolute Gasteiger partial charge is 0.374 e. The van der Waals surface area contributed by atoms with Crippen molar-refractivity contribution in [2.24, 2.45) is 0 Å². The van der Waals surface area contributed by atoms with Crippen LogP contribution in [0.25, 0.3) is 0 Å². The normalized spacial score (nSPS) is 31.7. The Kier molecular flexibility index (Phi) is 4.01. The van der Waals surface area contributed by atoms with Crippen LogP contribution in [-0.2, 0) is 10.3 Å². The zero-order valence-corrected chi connectivity index (χ0v) is 14.2. The summed E-state index contributed by atoms with van der Waals surface area (Å²) in [6.07, 6.45) is 5.03. The van der Waals surface area contributed by atoms with Gasteiger partial charge >= 0.3 is 6.03 Å². The fourth-order valence-electron chi connectivity index (χ4n) is 3.82. The predicted octanol–water partition coefficient (Wildman–Crippen LogP) is 3.03. The van der Waals surface area contributed by atoms with Gasteiger partial charge in [-0.25, -0.2) is 4.79 Å². The first kappa shape index (κ1) is 15.3. The molecule has 0 bridgehead atoms. The number of hydrogen-bond donors (Lipinski definition) is 2. The van der Waals surface area contributed by atoms with E-state index >= 15 is 0 Å². The highest BCUT2D eigenvalue weighted by Crippen LogP contribution is 2.45. The molecule has 4 rings (SSSR count). The van der Waals surface area contributed by atoms with E-state index in [9.17, 15) is 4.79 Å². The van der Waals surface area contributed by atoms with Crippen LogP contribution in [0, 0.1) is 0 Å². The van der Waals surface area contributed by atoms with Gasteiger partial charge in [0.15, 0.2) is 0 Å². The summed E-state index contributed by atoms with van der Waals surface area (Å²) >= 11 is 1.96. The molecule has 1 aromatic rings. The third kappa shape index (κ3) is 3.22. The van der Waals surface area contributed by atoms with Gasteiger partial charge in [0.2, 0.25) is 0 Å². The number of hydrogen-bond acceptors (Lipinski definition) is 3. The molecule has 5 heteroatoms. The Morgan fingerprint density at radius 2 is 2.04 bits per heavy atom. The van der Waals surface area contributed by atoms with Crippen molar-refractivity contribution in [2.45, 2.75) is 49.3 Å². The molecule has 0 radical (unpaired) electrons. The number of amides is 2. The van der Waals surface area contributed by atoms with Gasteiger partial charge in [0.1, 0.15) is 0 Å². The molecule has 2 atom stereocenters. The molecule has 0 unspecified atom stereocenters. The summed E-state index contributed by atoms with van der Waals surface area (Å²) in [6, 6.07) is 10.5. The fraction of sp³-hybridized carbons (Fsp3) is 0.611. The molecule has 2 aliphatic heterocycles. The second kappa shape index (κ2) is 6.02. The van der Waals surface area contributed by atoms with Crippen molar-refractivity contribution >= 4 is 17.8 Å². The minimum absolute atomic E-state index is 0.0115. The topological polar surface area (TPSA) is 50.4 Å². The summed E-state index contributed by atoms with van der Waals surface area (Å²) in [5.41, 5.74) is 1.08. The van der Waals surface area contributed by atoms with Crippen molar-refractivity contribution in [3.05, 3.63) is 35.9 Å². The lowest BCUT2D eigenvalue weighted by molar-refractivity contribution is -0.0684. The first-order chi connectivity index (χ1) is 11.2. The van der Waals surface area contributed by atoms with Crippen LogP contribution < -0.4 is 10.6 Å². The fourth-order valence-corrected chi connectivity index (χ4v) is 5.20. The zero-order valence-electron chi connectivity index (χ0n) is 13.3. The molecule has 1 aromatic carbocycles. The molecule has 1 spiro atoms. The summed E-state index contributed by atoms with van der Waals surface area (Å²) in [6.45, 7) is 0.759. The summed E-state index contributed by atoms with van der Waals surface area (Å²) in [5.74, 6) is 2.25. The molecule has 3 aliphatic rings. The molecule has 2 saturated heterocycles. The van der Waals surface area contributed by atoms with Crippen LogP contribution >= 0.6 is 11.8 Å². The monoisotopic (exact) mass is 332 g/mol. The third-order valence-corrected chi connectivity index (χ3v) is 6.55. The van der Waals surface area contributed by atoms with Crippen molar-refractivity contribution in [3.63, 3.8) is 0 Å². The molecule has 124 valence electrons. The first-order valence-electron chi connectivity index (χ1n) is 8.56. The minimum atomic E-state index is -0.141. The lowest BCUT2D eigenvalue weighted by atomic mass is 9.90. The van der Waals surface area contributed by atoms with Gasteiger partial charge in [-0.2, -0.15) is 11.8 Å². The summed E-state index contributed by atoms with van der Waals surface area (Å²) in [7, 11) is 0. The van der Waals surface area contributed by atoms with Crippen LogP contribution in [0.3, 0.4) is 0 Å². The van der Waals surface area contributed by atoms with Crippen LogP contribution in [0.2, 0.25) is 0 Å². The lowest BCUT2D eigenvalue weighted by Gasteiger charge is -2.38. The quantitative estimate of drug-likeness (QED) is 0.894. The van der Waals surface area contributed by atoms with Crippen LogP contribution in [0.1, 0.15) is 37.7 Å². The second-order valence-corrected chi connectivity index (χ2v) is 8.18. The van der Waals surface area contributed by atoms with E-state index in [0.29, 0.717) is 0 Å². The first-order valence-corrected chi connectivity index (χ1v) is 9.71. The van der Waals surface area contributed by atoms with Crippen molar-refractivity contribution in [3.8, 4) is 0 Å². The maximum Gasteiger partial charge on any atom is 0.315 e. The van der Waals surface area contributed by atoms with Crippen molar-refractivity contribution in [2.75, 3.05) is 18.1 Å². The van der Waals surface area contributed by atoms with Crippen molar-refractivity contribution < 1.29 is 9.53 Å². The Hall–Kier alpha value is -1.20. The average molecular weight is 332 g/mol. The Labute approximate surface area is 141 Å². The second-order valence-electron chi connectivity index (χ2n) is 7.07. The van der Waals surface area contributed by atoms with Gasteiger partial charge in [-0.1, -0.05) is 30.3 Å². The molecule has 2 amide bonds. The van der Waals surface area contributed by atoms with E-state index in [0.717, 1.165) is 44.5 Å².